The number of hydrogen-bond acceptors (Lipinski definition) is 4. The Morgan fingerprint density at radius 3 is 2.56 bits per heavy atom. The molecule has 1 N–H and O–H groups in total. The van der Waals surface area contributed by atoms with E-state index in [2.05, 4.69) is 31.7 Å². The van der Waals surface area contributed by atoms with Gasteiger partial charge in [-0.25, -0.2) is 14.4 Å². The van der Waals surface area contributed by atoms with E-state index in [0.29, 0.717) is 5.69 Å². The van der Waals surface area contributed by atoms with Crippen LogP contribution in [0.4, 0.5) is 10.2 Å². The number of halogens is 2. The summed E-state index contributed by atoms with van der Waals surface area (Å²) in [6.07, 6.45) is 3.62. The van der Waals surface area contributed by atoms with Crippen molar-refractivity contribution in [1.82, 2.24) is 19.9 Å². The summed E-state index contributed by atoms with van der Waals surface area (Å²) in [5.41, 5.74) is 2.39. The maximum atomic E-state index is 13.3. The third kappa shape index (κ3) is 3.82. The van der Waals surface area contributed by atoms with Crippen molar-refractivity contribution in [3.8, 4) is 22.6 Å². The molecule has 0 saturated carbocycles. The first kappa shape index (κ1) is 17.9. The SMILES string of the molecule is CCN1CCN(c2ccc(-c3nc(-c4ccc(F)c(Cl)c4)c[nH]3)cn2)CC1. The lowest BCUT2D eigenvalue weighted by atomic mass is 10.2. The van der Waals surface area contributed by atoms with Gasteiger partial charge >= 0.3 is 0 Å². The number of piperazine rings is 1. The van der Waals surface area contributed by atoms with Gasteiger partial charge in [-0.15, -0.1) is 0 Å². The summed E-state index contributed by atoms with van der Waals surface area (Å²) >= 11 is 5.87. The summed E-state index contributed by atoms with van der Waals surface area (Å²) in [5, 5.41) is 0.0891. The highest BCUT2D eigenvalue weighted by Crippen LogP contribution is 2.26. The first-order valence-electron chi connectivity index (χ1n) is 9.08. The molecule has 27 heavy (non-hydrogen) atoms. The number of imidazole rings is 1. The Hall–Kier alpha value is -2.44. The molecule has 4 rings (SSSR count). The van der Waals surface area contributed by atoms with E-state index in [-0.39, 0.29) is 5.02 Å². The largest absolute Gasteiger partial charge is 0.354 e. The highest BCUT2D eigenvalue weighted by atomic mass is 35.5. The molecule has 7 heteroatoms. The molecule has 0 atom stereocenters. The van der Waals surface area contributed by atoms with Crippen molar-refractivity contribution in [3.05, 3.63) is 53.6 Å². The number of nitrogens with one attached hydrogen (secondary N) is 1. The Bertz CT molecular complexity index is 916. The van der Waals surface area contributed by atoms with Crippen molar-refractivity contribution < 1.29 is 4.39 Å². The molecule has 1 saturated heterocycles. The minimum absolute atomic E-state index is 0.0891. The third-order valence-electron chi connectivity index (χ3n) is 4.96. The van der Waals surface area contributed by atoms with Crippen LogP contribution in [0, 0.1) is 5.82 Å². The van der Waals surface area contributed by atoms with Crippen LogP contribution in [0.15, 0.2) is 42.7 Å². The molecule has 1 fully saturated rings. The summed E-state index contributed by atoms with van der Waals surface area (Å²) in [5.74, 6) is 1.28. The Morgan fingerprint density at radius 1 is 1.11 bits per heavy atom. The molecule has 2 aromatic heterocycles. The molecule has 1 aliphatic heterocycles. The van der Waals surface area contributed by atoms with Crippen molar-refractivity contribution in [3.63, 3.8) is 0 Å². The molecule has 0 aliphatic carbocycles. The Balaban J connectivity index is 1.50. The van der Waals surface area contributed by atoms with E-state index in [4.69, 9.17) is 11.6 Å². The zero-order chi connectivity index (χ0) is 18.8. The van der Waals surface area contributed by atoms with Gasteiger partial charge in [-0.3, -0.25) is 0 Å². The number of H-pyrrole nitrogens is 1. The Morgan fingerprint density at radius 2 is 1.89 bits per heavy atom. The summed E-state index contributed by atoms with van der Waals surface area (Å²) < 4.78 is 13.3. The lowest BCUT2D eigenvalue weighted by Gasteiger charge is -2.34. The molecular weight excluding hydrogens is 365 g/mol. The lowest BCUT2D eigenvalue weighted by molar-refractivity contribution is 0.270. The maximum absolute atomic E-state index is 13.3. The molecule has 0 bridgehead atoms. The number of nitrogens with zero attached hydrogens (tertiary/aromatic N) is 4. The predicted octanol–water partition coefficient (Wildman–Crippen LogP) is 4.07. The van der Waals surface area contributed by atoms with Gasteiger partial charge in [0.2, 0.25) is 0 Å². The first-order valence-corrected chi connectivity index (χ1v) is 9.46. The molecule has 1 aromatic carbocycles. The van der Waals surface area contributed by atoms with Gasteiger partial charge in [0.1, 0.15) is 17.5 Å². The molecule has 5 nitrogen and oxygen atoms in total. The number of anilines is 1. The van der Waals surface area contributed by atoms with Gasteiger partial charge in [0, 0.05) is 49.7 Å². The molecule has 140 valence electrons. The molecule has 3 heterocycles. The monoisotopic (exact) mass is 385 g/mol. The number of aromatic nitrogens is 3. The zero-order valence-corrected chi connectivity index (χ0v) is 15.9. The predicted molar refractivity (Wildman–Crippen MR) is 107 cm³/mol. The fourth-order valence-electron chi connectivity index (χ4n) is 3.28. The van der Waals surface area contributed by atoms with E-state index in [0.717, 1.165) is 55.5 Å². The highest BCUT2D eigenvalue weighted by molar-refractivity contribution is 6.31. The number of hydrogen-bond donors (Lipinski definition) is 1. The van der Waals surface area contributed by atoms with Crippen LogP contribution in [0.5, 0.6) is 0 Å². The average Bonchev–Trinajstić information content (AvgIpc) is 3.20. The number of aromatic amines is 1. The van der Waals surface area contributed by atoms with E-state index in [1.807, 2.05) is 18.3 Å². The Kier molecular flexibility index (Phi) is 5.09. The van der Waals surface area contributed by atoms with E-state index in [1.54, 1.807) is 18.3 Å². The molecule has 0 amide bonds. The minimum Gasteiger partial charge on any atom is -0.354 e. The van der Waals surface area contributed by atoms with Crippen LogP contribution in [-0.4, -0.2) is 52.6 Å². The molecular formula is C20H21ClFN5. The van der Waals surface area contributed by atoms with Crippen LogP contribution in [0.1, 0.15) is 6.92 Å². The van der Waals surface area contributed by atoms with Crippen molar-refractivity contribution >= 4 is 17.4 Å². The van der Waals surface area contributed by atoms with E-state index in [9.17, 15) is 4.39 Å². The third-order valence-corrected chi connectivity index (χ3v) is 5.25. The molecule has 0 radical (unpaired) electrons. The second-order valence-electron chi connectivity index (χ2n) is 6.59. The van der Waals surface area contributed by atoms with Gasteiger partial charge < -0.3 is 14.8 Å². The topological polar surface area (TPSA) is 48.0 Å². The van der Waals surface area contributed by atoms with Gasteiger partial charge in [-0.05, 0) is 36.9 Å². The number of likely N-dealkylation sites (N-methyl/N-ethyl adjacent to an activating group) is 1. The summed E-state index contributed by atoms with van der Waals surface area (Å²) in [4.78, 5) is 17.1. The molecule has 1 aliphatic rings. The van der Waals surface area contributed by atoms with Crippen molar-refractivity contribution in [2.24, 2.45) is 0 Å². The maximum Gasteiger partial charge on any atom is 0.141 e. The highest BCUT2D eigenvalue weighted by Gasteiger charge is 2.17. The van der Waals surface area contributed by atoms with Crippen molar-refractivity contribution in [1.29, 1.82) is 0 Å². The smallest absolute Gasteiger partial charge is 0.141 e. The number of rotatable bonds is 4. The van der Waals surface area contributed by atoms with Crippen LogP contribution in [0.3, 0.4) is 0 Å². The van der Waals surface area contributed by atoms with Crippen LogP contribution in [0.25, 0.3) is 22.6 Å². The van der Waals surface area contributed by atoms with Gasteiger partial charge in [0.25, 0.3) is 0 Å². The molecule has 0 spiro atoms. The van der Waals surface area contributed by atoms with Crippen molar-refractivity contribution in [2.75, 3.05) is 37.6 Å². The second-order valence-corrected chi connectivity index (χ2v) is 7.00. The fraction of sp³-hybridized carbons (Fsp3) is 0.300. The fourth-order valence-corrected chi connectivity index (χ4v) is 3.46. The van der Waals surface area contributed by atoms with Gasteiger partial charge in [0.15, 0.2) is 0 Å². The van der Waals surface area contributed by atoms with E-state index >= 15 is 0 Å². The first-order chi connectivity index (χ1) is 13.1. The van der Waals surface area contributed by atoms with Crippen molar-refractivity contribution in [2.45, 2.75) is 6.92 Å². The summed E-state index contributed by atoms with van der Waals surface area (Å²) in [6.45, 7) is 7.43. The quantitative estimate of drug-likeness (QED) is 0.735. The normalized spacial score (nSPS) is 15.3. The summed E-state index contributed by atoms with van der Waals surface area (Å²) in [7, 11) is 0. The van der Waals surface area contributed by atoms with Crippen LogP contribution in [0.2, 0.25) is 5.02 Å². The standard InChI is InChI=1S/C20H21ClFN5/c1-2-26-7-9-27(10-8-26)19-6-4-15(12-23-19)20-24-13-18(25-20)14-3-5-17(22)16(21)11-14/h3-6,11-13H,2,7-10H2,1H3,(H,24,25). The zero-order valence-electron chi connectivity index (χ0n) is 15.1. The molecule has 3 aromatic rings. The Labute approximate surface area is 162 Å². The number of pyridine rings is 1. The number of benzene rings is 1. The second kappa shape index (κ2) is 7.66. The van der Waals surface area contributed by atoms with Gasteiger partial charge in [-0.1, -0.05) is 18.5 Å². The van der Waals surface area contributed by atoms with Gasteiger partial charge in [0.05, 0.1) is 10.7 Å². The van der Waals surface area contributed by atoms with Crippen LogP contribution < -0.4 is 4.90 Å². The summed E-state index contributed by atoms with van der Waals surface area (Å²) in [6, 6.07) is 8.65. The average molecular weight is 386 g/mol. The van der Waals surface area contributed by atoms with E-state index in [1.165, 1.54) is 6.07 Å². The van der Waals surface area contributed by atoms with Gasteiger partial charge in [-0.2, -0.15) is 0 Å². The van der Waals surface area contributed by atoms with Crippen LogP contribution >= 0.6 is 11.6 Å². The van der Waals surface area contributed by atoms with E-state index < -0.39 is 5.82 Å². The minimum atomic E-state index is -0.435. The lowest BCUT2D eigenvalue weighted by Crippen LogP contribution is -2.46. The van der Waals surface area contributed by atoms with Crippen LogP contribution in [-0.2, 0) is 0 Å². The molecule has 0 unspecified atom stereocenters.